The lowest BCUT2D eigenvalue weighted by atomic mass is 9.98. The molecule has 0 spiro atoms. The summed E-state index contributed by atoms with van der Waals surface area (Å²) in [5, 5.41) is 4.83. The molecule has 5 heteroatoms. The molecule has 116 valence electrons. The molecule has 0 fully saturated rings. The van der Waals surface area contributed by atoms with Gasteiger partial charge < -0.3 is 4.74 Å². The Hall–Kier alpha value is -1.55. The van der Waals surface area contributed by atoms with Crippen LogP contribution in [-0.4, -0.2) is 18.2 Å². The van der Waals surface area contributed by atoms with Gasteiger partial charge in [0.05, 0.1) is 0 Å². The van der Waals surface area contributed by atoms with E-state index in [0.29, 0.717) is 22.6 Å². The number of hydrazone groups is 1. The highest BCUT2D eigenvalue weighted by Crippen LogP contribution is 2.21. The number of hydrogen-bond acceptors (Lipinski definition) is 3. The highest BCUT2D eigenvalue weighted by molar-refractivity contribution is 6.30. The topological polar surface area (TPSA) is 50.7 Å². The summed E-state index contributed by atoms with van der Waals surface area (Å²) < 4.78 is 5.47. The van der Waals surface area contributed by atoms with E-state index < -0.39 is 0 Å². The number of carbonyl (C=O) groups is 1. The predicted molar refractivity (Wildman–Crippen MR) is 86.9 cm³/mol. The van der Waals surface area contributed by atoms with E-state index in [1.165, 1.54) is 0 Å². The smallest absolute Gasteiger partial charge is 0.277 e. The fourth-order valence-corrected chi connectivity index (χ4v) is 2.23. The maximum absolute atomic E-state index is 11.8. The summed E-state index contributed by atoms with van der Waals surface area (Å²) >= 11 is 5.87. The molecule has 0 aliphatic carbocycles. The van der Waals surface area contributed by atoms with Gasteiger partial charge in [-0.1, -0.05) is 39.3 Å². The first-order chi connectivity index (χ1) is 9.81. The van der Waals surface area contributed by atoms with Gasteiger partial charge in [0.15, 0.2) is 6.61 Å². The third kappa shape index (κ3) is 5.76. The van der Waals surface area contributed by atoms with Crippen LogP contribution in [0.25, 0.3) is 0 Å². The lowest BCUT2D eigenvalue weighted by molar-refractivity contribution is -0.123. The fraction of sp³-hybridized carbons (Fsp3) is 0.500. The minimum absolute atomic E-state index is 0.0740. The molecule has 0 aliphatic rings. The Bertz CT molecular complexity index is 515. The highest BCUT2D eigenvalue weighted by Gasteiger charge is 2.11. The first-order valence-electron chi connectivity index (χ1n) is 7.06. The van der Waals surface area contributed by atoms with Crippen molar-refractivity contribution < 1.29 is 9.53 Å². The molecule has 0 aliphatic heterocycles. The SMILES string of the molecule is Cc1cc(Cl)ccc1OCC(=O)NN=C(C(C)C)C(C)C. The van der Waals surface area contributed by atoms with Crippen LogP contribution in [0.15, 0.2) is 23.3 Å². The number of amides is 1. The Labute approximate surface area is 131 Å². The van der Waals surface area contributed by atoms with Gasteiger partial charge in [0.1, 0.15) is 5.75 Å². The Balaban J connectivity index is 2.56. The third-order valence-electron chi connectivity index (χ3n) is 2.99. The largest absolute Gasteiger partial charge is 0.483 e. The van der Waals surface area contributed by atoms with Gasteiger partial charge in [-0.15, -0.1) is 0 Å². The van der Waals surface area contributed by atoms with E-state index in [-0.39, 0.29) is 12.5 Å². The number of benzene rings is 1. The van der Waals surface area contributed by atoms with E-state index in [2.05, 4.69) is 38.2 Å². The molecule has 0 saturated carbocycles. The average Bonchev–Trinajstić information content (AvgIpc) is 2.37. The minimum atomic E-state index is -0.275. The first-order valence-corrected chi connectivity index (χ1v) is 7.44. The second kappa shape index (κ2) is 8.03. The molecule has 0 aromatic heterocycles. The van der Waals surface area contributed by atoms with E-state index in [1.54, 1.807) is 18.2 Å². The molecule has 1 amide bonds. The summed E-state index contributed by atoms with van der Waals surface area (Å²) in [6.07, 6.45) is 0. The second-order valence-electron chi connectivity index (χ2n) is 5.58. The number of nitrogens with one attached hydrogen (secondary N) is 1. The molecule has 0 heterocycles. The molecule has 0 radical (unpaired) electrons. The number of hydrogen-bond donors (Lipinski definition) is 1. The fourth-order valence-electron chi connectivity index (χ4n) is 2.00. The summed E-state index contributed by atoms with van der Waals surface area (Å²) in [6.45, 7) is 10.0. The molecule has 0 atom stereocenters. The third-order valence-corrected chi connectivity index (χ3v) is 3.22. The Kier molecular flexibility index (Phi) is 6.69. The Morgan fingerprint density at radius 1 is 1.29 bits per heavy atom. The van der Waals surface area contributed by atoms with Gasteiger partial charge in [-0.2, -0.15) is 5.10 Å². The normalized spacial score (nSPS) is 10.7. The molecule has 1 aromatic rings. The summed E-state index contributed by atoms with van der Waals surface area (Å²) in [7, 11) is 0. The van der Waals surface area contributed by atoms with Crippen LogP contribution >= 0.6 is 11.6 Å². The van der Waals surface area contributed by atoms with E-state index in [0.717, 1.165) is 11.3 Å². The zero-order valence-corrected chi connectivity index (χ0v) is 14.0. The summed E-state index contributed by atoms with van der Waals surface area (Å²) in [6, 6.07) is 5.28. The molecule has 1 aromatic carbocycles. The standard InChI is InChI=1S/C16H23ClN2O2/c1-10(2)16(11(3)4)19-18-15(20)9-21-14-7-6-13(17)8-12(14)5/h6-8,10-11H,9H2,1-5H3,(H,18,20). The van der Waals surface area contributed by atoms with Crippen LogP contribution in [0, 0.1) is 18.8 Å². The highest BCUT2D eigenvalue weighted by atomic mass is 35.5. The molecule has 1 rings (SSSR count). The average molecular weight is 311 g/mol. The molecular weight excluding hydrogens is 288 g/mol. The van der Waals surface area contributed by atoms with Gasteiger partial charge in [-0.3, -0.25) is 4.79 Å². The summed E-state index contributed by atoms with van der Waals surface area (Å²) in [5.74, 6) is 0.962. The Morgan fingerprint density at radius 3 is 2.43 bits per heavy atom. The molecule has 0 unspecified atom stereocenters. The second-order valence-corrected chi connectivity index (χ2v) is 6.02. The van der Waals surface area contributed by atoms with Crippen molar-refractivity contribution >= 4 is 23.2 Å². The number of halogens is 1. The number of nitrogens with zero attached hydrogens (tertiary/aromatic N) is 1. The number of carbonyl (C=O) groups excluding carboxylic acids is 1. The van der Waals surface area contributed by atoms with Crippen LogP contribution < -0.4 is 10.2 Å². The van der Waals surface area contributed by atoms with E-state index in [4.69, 9.17) is 16.3 Å². The van der Waals surface area contributed by atoms with Crippen molar-refractivity contribution in [2.45, 2.75) is 34.6 Å². The molecule has 4 nitrogen and oxygen atoms in total. The van der Waals surface area contributed by atoms with Gasteiger partial charge >= 0.3 is 0 Å². The quantitative estimate of drug-likeness (QED) is 0.641. The van der Waals surface area contributed by atoms with Crippen molar-refractivity contribution in [2.75, 3.05) is 6.61 Å². The summed E-state index contributed by atoms with van der Waals surface area (Å²) in [5.41, 5.74) is 4.40. The van der Waals surface area contributed by atoms with Crippen molar-refractivity contribution in [3.63, 3.8) is 0 Å². The molecule has 0 bridgehead atoms. The van der Waals surface area contributed by atoms with E-state index >= 15 is 0 Å². The maximum atomic E-state index is 11.8. The van der Waals surface area contributed by atoms with Gasteiger partial charge in [-0.05, 0) is 42.5 Å². The zero-order chi connectivity index (χ0) is 16.0. The lowest BCUT2D eigenvalue weighted by Crippen LogP contribution is -2.28. The van der Waals surface area contributed by atoms with Crippen LogP contribution in [0.4, 0.5) is 0 Å². The molecule has 0 saturated heterocycles. The van der Waals surface area contributed by atoms with Crippen molar-refractivity contribution in [1.82, 2.24) is 5.43 Å². The van der Waals surface area contributed by atoms with Crippen molar-refractivity contribution in [3.8, 4) is 5.75 Å². The van der Waals surface area contributed by atoms with Crippen LogP contribution in [-0.2, 0) is 4.79 Å². The van der Waals surface area contributed by atoms with Crippen molar-refractivity contribution in [1.29, 1.82) is 0 Å². The van der Waals surface area contributed by atoms with Gasteiger partial charge in [-0.25, -0.2) is 5.43 Å². The van der Waals surface area contributed by atoms with Crippen molar-refractivity contribution in [3.05, 3.63) is 28.8 Å². The van der Waals surface area contributed by atoms with E-state index in [1.807, 2.05) is 6.92 Å². The van der Waals surface area contributed by atoms with Crippen LogP contribution in [0.3, 0.4) is 0 Å². The van der Waals surface area contributed by atoms with Gasteiger partial charge in [0.25, 0.3) is 5.91 Å². The number of aryl methyl sites for hydroxylation is 1. The minimum Gasteiger partial charge on any atom is -0.483 e. The van der Waals surface area contributed by atoms with Gasteiger partial charge in [0.2, 0.25) is 0 Å². The number of rotatable bonds is 6. The molecule has 21 heavy (non-hydrogen) atoms. The van der Waals surface area contributed by atoms with Crippen LogP contribution in [0.2, 0.25) is 5.02 Å². The molecule has 1 N–H and O–H groups in total. The Morgan fingerprint density at radius 2 is 1.90 bits per heavy atom. The summed E-state index contributed by atoms with van der Waals surface area (Å²) in [4.78, 5) is 11.8. The molecular formula is C16H23ClN2O2. The lowest BCUT2D eigenvalue weighted by Gasteiger charge is -2.14. The first kappa shape index (κ1) is 17.5. The maximum Gasteiger partial charge on any atom is 0.277 e. The van der Waals surface area contributed by atoms with Crippen molar-refractivity contribution in [2.24, 2.45) is 16.9 Å². The number of ether oxygens (including phenoxy) is 1. The van der Waals surface area contributed by atoms with Gasteiger partial charge in [0, 0.05) is 10.7 Å². The zero-order valence-electron chi connectivity index (χ0n) is 13.2. The van der Waals surface area contributed by atoms with Crippen LogP contribution in [0.1, 0.15) is 33.3 Å². The van der Waals surface area contributed by atoms with Crippen LogP contribution in [0.5, 0.6) is 5.75 Å². The monoisotopic (exact) mass is 310 g/mol. The predicted octanol–water partition coefficient (Wildman–Crippen LogP) is 3.81. The van der Waals surface area contributed by atoms with E-state index in [9.17, 15) is 4.79 Å².